The monoisotopic (exact) mass is 287 g/mol. The number of pyridine rings is 1. The van der Waals surface area contributed by atoms with Gasteiger partial charge in [-0.3, -0.25) is 4.79 Å². The fraction of sp³-hybridized carbons (Fsp3) is 0.533. The Balaban J connectivity index is 1.70. The first-order valence-corrected chi connectivity index (χ1v) is 7.52. The molecule has 0 saturated carbocycles. The summed E-state index contributed by atoms with van der Waals surface area (Å²) in [4.78, 5) is 18.7. The highest BCUT2D eigenvalue weighted by Crippen LogP contribution is 2.12. The molecule has 2 aromatic rings. The van der Waals surface area contributed by atoms with Crippen LogP contribution in [-0.4, -0.2) is 44.5 Å². The molecular weight excluding hydrogens is 266 g/mol. The van der Waals surface area contributed by atoms with E-state index in [1.165, 1.54) is 6.42 Å². The quantitative estimate of drug-likeness (QED) is 0.936. The fourth-order valence-electron chi connectivity index (χ4n) is 2.69. The Bertz CT molecular complexity index is 645. The number of fused-ring (bicyclic) bond motifs is 1. The summed E-state index contributed by atoms with van der Waals surface area (Å²) in [5.74, 6) is 0.628. The summed E-state index contributed by atoms with van der Waals surface area (Å²) in [6.45, 7) is 5.61. The van der Waals surface area contributed by atoms with E-state index in [0.29, 0.717) is 5.95 Å². The van der Waals surface area contributed by atoms with Crippen molar-refractivity contribution in [2.75, 3.05) is 18.4 Å². The van der Waals surface area contributed by atoms with Crippen molar-refractivity contribution in [3.05, 3.63) is 23.9 Å². The molecule has 1 fully saturated rings. The molecule has 6 heteroatoms. The summed E-state index contributed by atoms with van der Waals surface area (Å²) in [5, 5.41) is 7.46. The van der Waals surface area contributed by atoms with Crippen molar-refractivity contribution in [1.29, 1.82) is 0 Å². The van der Waals surface area contributed by atoms with E-state index in [-0.39, 0.29) is 11.9 Å². The van der Waals surface area contributed by atoms with E-state index in [1.807, 2.05) is 37.1 Å². The van der Waals surface area contributed by atoms with E-state index in [2.05, 4.69) is 15.4 Å². The summed E-state index contributed by atoms with van der Waals surface area (Å²) in [6.07, 6.45) is 5.30. The number of likely N-dealkylation sites (tertiary alicyclic amines) is 1. The van der Waals surface area contributed by atoms with Gasteiger partial charge in [-0.1, -0.05) is 0 Å². The van der Waals surface area contributed by atoms with E-state index < -0.39 is 0 Å². The van der Waals surface area contributed by atoms with Crippen molar-refractivity contribution in [2.45, 2.75) is 39.2 Å². The average Bonchev–Trinajstić information content (AvgIpc) is 2.88. The molecule has 21 heavy (non-hydrogen) atoms. The number of piperidine rings is 1. The van der Waals surface area contributed by atoms with Crippen molar-refractivity contribution >= 4 is 17.5 Å². The van der Waals surface area contributed by atoms with E-state index in [1.54, 1.807) is 4.52 Å². The highest BCUT2D eigenvalue weighted by molar-refractivity contribution is 5.83. The second-order valence-corrected chi connectivity index (χ2v) is 5.69. The molecule has 0 spiro atoms. The Labute approximate surface area is 124 Å². The molecule has 1 atom stereocenters. The van der Waals surface area contributed by atoms with Gasteiger partial charge in [0.25, 0.3) is 0 Å². The number of hydrogen-bond donors (Lipinski definition) is 1. The number of nitrogens with zero attached hydrogens (tertiary/aromatic N) is 4. The molecule has 0 radical (unpaired) electrons. The van der Waals surface area contributed by atoms with Crippen LogP contribution in [0.1, 0.15) is 31.7 Å². The number of carbonyl (C=O) groups excluding carboxylic acids is 1. The van der Waals surface area contributed by atoms with Gasteiger partial charge in [0.2, 0.25) is 11.9 Å². The molecule has 1 amide bonds. The van der Waals surface area contributed by atoms with Crippen molar-refractivity contribution in [2.24, 2.45) is 0 Å². The summed E-state index contributed by atoms with van der Waals surface area (Å²) in [5.41, 5.74) is 1.93. The van der Waals surface area contributed by atoms with Crippen LogP contribution < -0.4 is 5.32 Å². The van der Waals surface area contributed by atoms with Gasteiger partial charge >= 0.3 is 0 Å². The molecule has 2 aromatic heterocycles. The van der Waals surface area contributed by atoms with Gasteiger partial charge < -0.3 is 10.2 Å². The smallest absolute Gasteiger partial charge is 0.244 e. The Morgan fingerprint density at radius 2 is 2.10 bits per heavy atom. The van der Waals surface area contributed by atoms with Crippen LogP contribution in [0.4, 0.5) is 5.95 Å². The minimum Gasteiger partial charge on any atom is -0.341 e. The topological polar surface area (TPSA) is 62.5 Å². The molecular formula is C15H21N5O. The minimum absolute atomic E-state index is 0.129. The van der Waals surface area contributed by atoms with Gasteiger partial charge in [-0.15, -0.1) is 5.10 Å². The third-order valence-electron chi connectivity index (χ3n) is 3.88. The van der Waals surface area contributed by atoms with E-state index in [0.717, 1.165) is 37.1 Å². The molecule has 1 saturated heterocycles. The van der Waals surface area contributed by atoms with Gasteiger partial charge in [0, 0.05) is 19.3 Å². The van der Waals surface area contributed by atoms with Gasteiger partial charge in [0.15, 0.2) is 5.65 Å². The summed E-state index contributed by atoms with van der Waals surface area (Å²) in [7, 11) is 0. The van der Waals surface area contributed by atoms with Crippen molar-refractivity contribution in [3.63, 3.8) is 0 Å². The second-order valence-electron chi connectivity index (χ2n) is 5.69. The first-order chi connectivity index (χ1) is 10.1. The maximum atomic E-state index is 12.4. The first kappa shape index (κ1) is 13.9. The highest BCUT2D eigenvalue weighted by atomic mass is 16.2. The number of hydrogen-bond acceptors (Lipinski definition) is 4. The Morgan fingerprint density at radius 3 is 2.86 bits per heavy atom. The van der Waals surface area contributed by atoms with Crippen LogP contribution in [-0.2, 0) is 4.79 Å². The molecule has 0 bridgehead atoms. The summed E-state index contributed by atoms with van der Waals surface area (Å²) < 4.78 is 1.72. The first-order valence-electron chi connectivity index (χ1n) is 7.52. The summed E-state index contributed by atoms with van der Waals surface area (Å²) >= 11 is 0. The third kappa shape index (κ3) is 2.99. The average molecular weight is 287 g/mol. The number of carbonyl (C=O) groups is 1. The van der Waals surface area contributed by atoms with Crippen LogP contribution in [0.2, 0.25) is 0 Å². The number of aromatic nitrogens is 3. The maximum Gasteiger partial charge on any atom is 0.244 e. The van der Waals surface area contributed by atoms with E-state index >= 15 is 0 Å². The van der Waals surface area contributed by atoms with Crippen LogP contribution in [0.15, 0.2) is 18.3 Å². The number of nitrogens with one attached hydrogen (secondary N) is 1. The SMILES string of the molecule is Cc1ccn2nc(NC(C)C(=O)N3CCCCC3)nc2c1. The van der Waals surface area contributed by atoms with E-state index in [9.17, 15) is 4.79 Å². The standard InChI is InChI=1S/C15H21N5O/c1-11-6-9-20-13(10-11)17-15(18-20)16-12(2)14(21)19-7-4-3-5-8-19/h6,9-10,12H,3-5,7-8H2,1-2H3,(H,16,18). The van der Waals surface area contributed by atoms with Crippen LogP contribution in [0, 0.1) is 6.92 Å². The molecule has 3 rings (SSSR count). The molecule has 6 nitrogen and oxygen atoms in total. The molecule has 0 aliphatic carbocycles. The molecule has 1 unspecified atom stereocenters. The zero-order valence-corrected chi connectivity index (χ0v) is 12.5. The molecule has 112 valence electrons. The van der Waals surface area contributed by atoms with Crippen molar-refractivity contribution in [3.8, 4) is 0 Å². The third-order valence-corrected chi connectivity index (χ3v) is 3.88. The van der Waals surface area contributed by atoms with Gasteiger partial charge in [0.05, 0.1) is 0 Å². The number of anilines is 1. The Morgan fingerprint density at radius 1 is 1.33 bits per heavy atom. The molecule has 1 N–H and O–H groups in total. The van der Waals surface area contributed by atoms with Crippen LogP contribution in [0.25, 0.3) is 5.65 Å². The van der Waals surface area contributed by atoms with Crippen molar-refractivity contribution < 1.29 is 4.79 Å². The van der Waals surface area contributed by atoms with Gasteiger partial charge in [-0.05, 0) is 50.8 Å². The van der Waals surface area contributed by atoms with Gasteiger partial charge in [0.1, 0.15) is 6.04 Å². The maximum absolute atomic E-state index is 12.4. The predicted octanol–water partition coefficient (Wildman–Crippen LogP) is 1.85. The van der Waals surface area contributed by atoms with Crippen LogP contribution in [0.5, 0.6) is 0 Å². The molecule has 0 aromatic carbocycles. The number of amides is 1. The number of rotatable bonds is 3. The molecule has 3 heterocycles. The lowest BCUT2D eigenvalue weighted by Crippen LogP contribution is -2.44. The Kier molecular flexibility index (Phi) is 3.77. The fourth-order valence-corrected chi connectivity index (χ4v) is 2.69. The molecule has 1 aliphatic rings. The van der Waals surface area contributed by atoms with Crippen molar-refractivity contribution in [1.82, 2.24) is 19.5 Å². The minimum atomic E-state index is -0.304. The van der Waals surface area contributed by atoms with E-state index in [4.69, 9.17) is 0 Å². The lowest BCUT2D eigenvalue weighted by atomic mass is 10.1. The van der Waals surface area contributed by atoms with Gasteiger partial charge in [-0.2, -0.15) is 4.98 Å². The number of aryl methyl sites for hydroxylation is 1. The lowest BCUT2D eigenvalue weighted by molar-refractivity contribution is -0.132. The van der Waals surface area contributed by atoms with Crippen LogP contribution in [0.3, 0.4) is 0 Å². The largest absolute Gasteiger partial charge is 0.341 e. The molecule has 1 aliphatic heterocycles. The highest BCUT2D eigenvalue weighted by Gasteiger charge is 2.22. The second kappa shape index (κ2) is 5.71. The zero-order valence-electron chi connectivity index (χ0n) is 12.5. The Hall–Kier alpha value is -2.11. The predicted molar refractivity (Wildman–Crippen MR) is 81.2 cm³/mol. The lowest BCUT2D eigenvalue weighted by Gasteiger charge is -2.29. The van der Waals surface area contributed by atoms with Crippen LogP contribution >= 0.6 is 0 Å². The normalized spacial score (nSPS) is 17.0. The van der Waals surface area contributed by atoms with Gasteiger partial charge in [-0.25, -0.2) is 4.52 Å². The zero-order chi connectivity index (χ0) is 14.8. The summed E-state index contributed by atoms with van der Waals surface area (Å²) in [6, 6.07) is 3.64.